The van der Waals surface area contributed by atoms with Crippen molar-refractivity contribution < 1.29 is 23.8 Å². The van der Waals surface area contributed by atoms with E-state index in [0.29, 0.717) is 37.2 Å². The lowest BCUT2D eigenvalue weighted by Gasteiger charge is -2.20. The fraction of sp³-hybridized carbons (Fsp3) is 0.333. The number of carbonyl (C=O) groups is 2. The van der Waals surface area contributed by atoms with E-state index in [0.717, 1.165) is 0 Å². The minimum absolute atomic E-state index is 0.185. The average Bonchev–Trinajstić information content (AvgIpc) is 3.17. The van der Waals surface area contributed by atoms with Crippen molar-refractivity contribution >= 4 is 11.9 Å². The average molecular weight is 490 g/mol. The van der Waals surface area contributed by atoms with Gasteiger partial charge in [-0.25, -0.2) is 9.78 Å². The molecule has 0 atom stereocenters. The quantitative estimate of drug-likeness (QED) is 0.507. The smallest absolute Gasteiger partial charge is 0.343 e. The molecular weight excluding hydrogens is 462 g/mol. The van der Waals surface area contributed by atoms with Gasteiger partial charge in [0.2, 0.25) is 5.88 Å². The van der Waals surface area contributed by atoms with Gasteiger partial charge in [-0.1, -0.05) is 24.3 Å². The van der Waals surface area contributed by atoms with E-state index in [9.17, 15) is 14.4 Å². The zero-order valence-electron chi connectivity index (χ0n) is 20.2. The molecule has 186 valence electrons. The molecule has 0 bridgehead atoms. The summed E-state index contributed by atoms with van der Waals surface area (Å²) in [5.74, 6) is -0.354. The van der Waals surface area contributed by atoms with Crippen molar-refractivity contribution in [3.63, 3.8) is 0 Å². The van der Waals surface area contributed by atoms with Crippen molar-refractivity contribution in [2.45, 2.75) is 31.9 Å². The Labute approximate surface area is 208 Å². The number of pyridine rings is 2. The predicted octanol–water partition coefficient (Wildman–Crippen LogP) is 2.28. The summed E-state index contributed by atoms with van der Waals surface area (Å²) in [6.07, 6.45) is 3.06. The number of benzene rings is 1. The highest BCUT2D eigenvalue weighted by atomic mass is 16.5. The van der Waals surface area contributed by atoms with Crippen LogP contribution in [0.1, 0.15) is 37.5 Å². The van der Waals surface area contributed by atoms with Crippen LogP contribution >= 0.6 is 0 Å². The number of aromatic nitrogens is 2. The van der Waals surface area contributed by atoms with Crippen molar-refractivity contribution in [3.8, 4) is 11.6 Å². The van der Waals surface area contributed by atoms with Crippen molar-refractivity contribution in [2.75, 3.05) is 27.3 Å². The Hall–Kier alpha value is -4.14. The summed E-state index contributed by atoms with van der Waals surface area (Å²) in [5, 5.41) is 0. The summed E-state index contributed by atoms with van der Waals surface area (Å²) >= 11 is 0. The number of esters is 1. The van der Waals surface area contributed by atoms with E-state index in [1.807, 2.05) is 12.1 Å². The molecule has 0 saturated carbocycles. The Morgan fingerprint density at radius 1 is 1.00 bits per heavy atom. The highest BCUT2D eigenvalue weighted by Crippen LogP contribution is 2.30. The number of fused-ring (bicyclic) bond motifs is 2. The molecule has 36 heavy (non-hydrogen) atoms. The first-order chi connectivity index (χ1) is 17.5. The van der Waals surface area contributed by atoms with Gasteiger partial charge in [0.1, 0.15) is 23.0 Å². The Bertz CT molecular complexity index is 1360. The Morgan fingerprint density at radius 3 is 2.44 bits per heavy atom. The molecule has 0 unspecified atom stereocenters. The molecule has 9 heteroatoms. The van der Waals surface area contributed by atoms with E-state index in [-0.39, 0.29) is 47.7 Å². The zero-order chi connectivity index (χ0) is 25.2. The molecule has 2 aromatic heterocycles. The summed E-state index contributed by atoms with van der Waals surface area (Å²) in [5.41, 5.74) is 3.21. The van der Waals surface area contributed by atoms with Crippen LogP contribution < -0.4 is 15.0 Å². The van der Waals surface area contributed by atoms with Gasteiger partial charge in [-0.3, -0.25) is 9.59 Å². The predicted molar refractivity (Wildman–Crippen MR) is 131 cm³/mol. The fourth-order valence-corrected chi connectivity index (χ4v) is 5.04. The minimum Gasteiger partial charge on any atom is -0.489 e. The lowest BCUT2D eigenvalue weighted by Crippen LogP contribution is -2.34. The van der Waals surface area contributed by atoms with Crippen molar-refractivity contribution in [1.29, 1.82) is 0 Å². The van der Waals surface area contributed by atoms with Gasteiger partial charge in [0.05, 0.1) is 14.2 Å². The Balaban J connectivity index is 1.45. The maximum absolute atomic E-state index is 13.3. The van der Waals surface area contributed by atoms with Crippen LogP contribution in [0.4, 0.5) is 0 Å². The normalized spacial score (nSPS) is 15.0. The molecule has 1 amide bonds. The van der Waals surface area contributed by atoms with Crippen LogP contribution in [0.25, 0.3) is 0 Å². The number of carbonyl (C=O) groups excluding carboxylic acids is 2. The number of amides is 1. The van der Waals surface area contributed by atoms with Crippen molar-refractivity contribution in [2.24, 2.45) is 0 Å². The van der Waals surface area contributed by atoms with Crippen LogP contribution in [0.2, 0.25) is 0 Å². The van der Waals surface area contributed by atoms with Crippen molar-refractivity contribution in [1.82, 2.24) is 14.5 Å². The molecule has 1 aromatic carbocycles. The first-order valence-electron chi connectivity index (χ1n) is 11.9. The van der Waals surface area contributed by atoms with E-state index in [2.05, 4.69) is 17.1 Å². The second-order valence-electron chi connectivity index (χ2n) is 8.83. The zero-order valence-corrected chi connectivity index (χ0v) is 20.2. The number of rotatable bonds is 5. The second-order valence-corrected chi connectivity index (χ2v) is 8.83. The molecule has 1 aliphatic heterocycles. The monoisotopic (exact) mass is 489 g/mol. The van der Waals surface area contributed by atoms with Crippen LogP contribution in [-0.2, 0) is 30.5 Å². The lowest BCUT2D eigenvalue weighted by atomic mass is 10.1. The summed E-state index contributed by atoms with van der Waals surface area (Å²) in [4.78, 5) is 45.1. The number of ether oxygens (including phenoxy) is 3. The number of nitrogens with zero attached hydrogens (tertiary/aromatic N) is 3. The van der Waals surface area contributed by atoms with Gasteiger partial charge in [-0.2, -0.15) is 0 Å². The van der Waals surface area contributed by atoms with Crippen molar-refractivity contribution in [3.05, 3.63) is 87.0 Å². The molecule has 0 radical (unpaired) electrons. The van der Waals surface area contributed by atoms with Crippen LogP contribution in [0.5, 0.6) is 11.6 Å². The molecule has 1 aliphatic carbocycles. The van der Waals surface area contributed by atoms with Crippen LogP contribution in [0.15, 0.2) is 53.5 Å². The van der Waals surface area contributed by atoms with E-state index >= 15 is 0 Å². The molecular formula is C27H27N3O6. The molecule has 9 nitrogen and oxygen atoms in total. The SMILES string of the molecule is COC(=O)c1c(OC2Cc3ccccc3C2)cc(=O)n2c1CCN(C(=O)c1cccnc1OC)CC2. The number of hydrogen-bond acceptors (Lipinski definition) is 7. The van der Waals surface area contributed by atoms with E-state index in [1.54, 1.807) is 23.2 Å². The maximum Gasteiger partial charge on any atom is 0.343 e. The first kappa shape index (κ1) is 23.6. The topological polar surface area (TPSA) is 100.0 Å². The molecule has 0 spiro atoms. The minimum atomic E-state index is -0.571. The standard InChI is InChI=1S/C27H27N3O6/c1-34-25-20(8-5-10-28-25)26(32)29-11-9-21-24(27(33)35-2)22(16-23(31)30(21)13-12-29)36-19-14-17-6-3-4-7-18(17)15-19/h3-8,10,16,19H,9,11-15H2,1-2H3. The second kappa shape index (κ2) is 9.85. The third-order valence-corrected chi connectivity index (χ3v) is 6.77. The first-order valence-corrected chi connectivity index (χ1v) is 11.9. The van der Waals surface area contributed by atoms with E-state index in [4.69, 9.17) is 14.2 Å². The third kappa shape index (κ3) is 4.32. The summed E-state index contributed by atoms with van der Waals surface area (Å²) in [7, 11) is 2.77. The van der Waals surface area contributed by atoms with Gasteiger partial charge in [0.15, 0.2) is 0 Å². The summed E-state index contributed by atoms with van der Waals surface area (Å²) < 4.78 is 18.1. The summed E-state index contributed by atoms with van der Waals surface area (Å²) in [6, 6.07) is 12.8. The molecule has 2 aliphatic rings. The number of hydrogen-bond donors (Lipinski definition) is 0. The Morgan fingerprint density at radius 2 is 1.75 bits per heavy atom. The van der Waals surface area contributed by atoms with Crippen LogP contribution in [-0.4, -0.2) is 59.7 Å². The molecule has 0 N–H and O–H groups in total. The molecule has 0 fully saturated rings. The number of methoxy groups -OCH3 is 2. The Kier molecular flexibility index (Phi) is 6.45. The molecule has 3 aromatic rings. The van der Waals surface area contributed by atoms with Gasteiger partial charge in [-0.15, -0.1) is 0 Å². The van der Waals surface area contributed by atoms with Gasteiger partial charge in [-0.05, 0) is 23.3 Å². The van der Waals surface area contributed by atoms with Gasteiger partial charge in [0.25, 0.3) is 11.5 Å². The van der Waals surface area contributed by atoms with E-state index < -0.39 is 5.97 Å². The highest BCUT2D eigenvalue weighted by Gasteiger charge is 2.31. The lowest BCUT2D eigenvalue weighted by molar-refractivity contribution is 0.0590. The van der Waals surface area contributed by atoms with Crippen LogP contribution in [0.3, 0.4) is 0 Å². The largest absolute Gasteiger partial charge is 0.489 e. The van der Waals surface area contributed by atoms with Gasteiger partial charge in [0, 0.05) is 56.9 Å². The fourth-order valence-electron chi connectivity index (χ4n) is 5.04. The van der Waals surface area contributed by atoms with Gasteiger partial charge >= 0.3 is 5.97 Å². The molecule has 3 heterocycles. The van der Waals surface area contributed by atoms with E-state index in [1.165, 1.54) is 36.0 Å². The highest BCUT2D eigenvalue weighted by molar-refractivity contribution is 5.96. The molecule has 0 saturated heterocycles. The maximum atomic E-state index is 13.3. The summed E-state index contributed by atoms with van der Waals surface area (Å²) in [6.45, 7) is 0.836. The van der Waals surface area contributed by atoms with Gasteiger partial charge < -0.3 is 23.7 Å². The van der Waals surface area contributed by atoms with Crippen LogP contribution in [0, 0.1) is 0 Å². The molecule has 5 rings (SSSR count). The third-order valence-electron chi connectivity index (χ3n) is 6.77.